The number of hydrogen-bond acceptors (Lipinski definition) is 1. The molecule has 0 saturated heterocycles. The quantitative estimate of drug-likeness (QED) is 0.301. The monoisotopic (exact) mass is 249 g/mol. The van der Waals surface area contributed by atoms with Crippen molar-refractivity contribution >= 4 is 22.6 Å². The summed E-state index contributed by atoms with van der Waals surface area (Å²) in [5, 5.41) is 3.22. The van der Waals surface area contributed by atoms with Crippen molar-refractivity contribution in [1.29, 1.82) is 0 Å². The van der Waals surface area contributed by atoms with Crippen molar-refractivity contribution in [2.75, 3.05) is 0 Å². The number of allylic oxidation sites excluding steroid dienone is 2. The number of rotatable bonds is 0. The summed E-state index contributed by atoms with van der Waals surface area (Å²) in [5.74, 6) is 0. The van der Waals surface area contributed by atoms with Gasteiger partial charge in [0.25, 0.3) is 0 Å². The van der Waals surface area contributed by atoms with E-state index in [2.05, 4.69) is 60.0 Å². The van der Waals surface area contributed by atoms with E-state index >= 15 is 0 Å². The van der Waals surface area contributed by atoms with Crippen LogP contribution < -0.4 is 5.32 Å². The van der Waals surface area contributed by atoms with Crippen LogP contribution >= 0.6 is 22.6 Å². The third-order valence-corrected chi connectivity index (χ3v) is 2.24. The standard InChI is InChI=1S/C8H12IN/c1-8(2)4-3-7(9)10-6-5-8/h3-7,10H,1-2H3. The fraction of sp³-hybridized carbons (Fsp3) is 0.500. The van der Waals surface area contributed by atoms with E-state index in [-0.39, 0.29) is 5.41 Å². The van der Waals surface area contributed by atoms with Crippen LogP contribution in [0.15, 0.2) is 24.4 Å². The van der Waals surface area contributed by atoms with Gasteiger partial charge in [-0.05, 0) is 6.20 Å². The average molecular weight is 249 g/mol. The Kier molecular flexibility index (Phi) is 2.39. The summed E-state index contributed by atoms with van der Waals surface area (Å²) in [6.45, 7) is 4.38. The van der Waals surface area contributed by atoms with Crippen molar-refractivity contribution in [3.05, 3.63) is 24.4 Å². The van der Waals surface area contributed by atoms with Crippen LogP contribution in [0.2, 0.25) is 0 Å². The van der Waals surface area contributed by atoms with Crippen LogP contribution in [0, 0.1) is 5.41 Å². The molecule has 1 aliphatic rings. The van der Waals surface area contributed by atoms with E-state index in [4.69, 9.17) is 0 Å². The maximum absolute atomic E-state index is 3.22. The van der Waals surface area contributed by atoms with Crippen LogP contribution in [0.1, 0.15) is 13.8 Å². The Morgan fingerprint density at radius 3 is 2.80 bits per heavy atom. The van der Waals surface area contributed by atoms with E-state index in [0.29, 0.717) is 4.05 Å². The Labute approximate surface area is 75.7 Å². The molecule has 0 aromatic heterocycles. The third-order valence-electron chi connectivity index (χ3n) is 1.46. The minimum Gasteiger partial charge on any atom is -0.376 e. The smallest absolute Gasteiger partial charge is 0.0962 e. The van der Waals surface area contributed by atoms with Gasteiger partial charge in [0.05, 0.1) is 4.05 Å². The van der Waals surface area contributed by atoms with Gasteiger partial charge in [-0.3, -0.25) is 0 Å². The maximum Gasteiger partial charge on any atom is 0.0962 e. The first kappa shape index (κ1) is 8.11. The molecular formula is C8H12IN. The Balaban J connectivity index is 2.74. The average Bonchev–Trinajstić information content (AvgIpc) is 1.94. The van der Waals surface area contributed by atoms with Gasteiger partial charge in [0.1, 0.15) is 0 Å². The largest absolute Gasteiger partial charge is 0.376 e. The Hall–Kier alpha value is 0.01000. The summed E-state index contributed by atoms with van der Waals surface area (Å²) in [4.78, 5) is 0. The number of halogens is 1. The Morgan fingerprint density at radius 1 is 1.40 bits per heavy atom. The molecule has 0 aromatic rings. The molecule has 1 atom stereocenters. The summed E-state index contributed by atoms with van der Waals surface area (Å²) < 4.78 is 0.440. The van der Waals surface area contributed by atoms with Crippen molar-refractivity contribution in [3.63, 3.8) is 0 Å². The van der Waals surface area contributed by atoms with Crippen LogP contribution in [0.4, 0.5) is 0 Å². The van der Waals surface area contributed by atoms with Crippen molar-refractivity contribution < 1.29 is 0 Å². The summed E-state index contributed by atoms with van der Waals surface area (Å²) in [7, 11) is 0. The highest BCUT2D eigenvalue weighted by atomic mass is 127. The van der Waals surface area contributed by atoms with Gasteiger partial charge in [0, 0.05) is 5.41 Å². The second-order valence-corrected chi connectivity index (χ2v) is 4.42. The molecule has 0 saturated carbocycles. The predicted octanol–water partition coefficient (Wildman–Crippen LogP) is 2.45. The van der Waals surface area contributed by atoms with Gasteiger partial charge in [-0.25, -0.2) is 0 Å². The van der Waals surface area contributed by atoms with Gasteiger partial charge >= 0.3 is 0 Å². The SMILES string of the molecule is CC1(C)C=CNC(I)C=C1. The molecule has 0 aromatic carbocycles. The summed E-state index contributed by atoms with van der Waals surface area (Å²) in [5.41, 5.74) is 0.215. The zero-order valence-electron chi connectivity index (χ0n) is 6.26. The van der Waals surface area contributed by atoms with E-state index in [0.717, 1.165) is 0 Å². The minimum atomic E-state index is 0.215. The number of alkyl halides is 1. The van der Waals surface area contributed by atoms with E-state index in [9.17, 15) is 0 Å². The van der Waals surface area contributed by atoms with Crippen LogP contribution in [-0.2, 0) is 0 Å². The maximum atomic E-state index is 3.22. The second kappa shape index (κ2) is 2.95. The second-order valence-electron chi connectivity index (χ2n) is 3.08. The summed E-state index contributed by atoms with van der Waals surface area (Å²) in [6, 6.07) is 0. The highest BCUT2D eigenvalue weighted by molar-refractivity contribution is 14.1. The van der Waals surface area contributed by atoms with Crippen LogP contribution in [-0.4, -0.2) is 4.05 Å². The molecule has 0 amide bonds. The lowest BCUT2D eigenvalue weighted by Gasteiger charge is -2.11. The molecule has 1 heterocycles. The Bertz CT molecular complexity index is 170. The molecule has 0 radical (unpaired) electrons. The lowest BCUT2D eigenvalue weighted by Crippen LogP contribution is -2.11. The highest BCUT2D eigenvalue weighted by Crippen LogP contribution is 2.21. The minimum absolute atomic E-state index is 0.215. The molecule has 1 nitrogen and oxygen atoms in total. The fourth-order valence-electron chi connectivity index (χ4n) is 0.798. The molecule has 1 aliphatic heterocycles. The molecule has 0 fully saturated rings. The number of hydrogen-bond donors (Lipinski definition) is 1. The molecule has 1 rings (SSSR count). The highest BCUT2D eigenvalue weighted by Gasteiger charge is 2.11. The van der Waals surface area contributed by atoms with Gasteiger partial charge < -0.3 is 5.32 Å². The molecule has 1 unspecified atom stereocenters. The first-order valence-corrected chi connectivity index (χ1v) is 4.62. The van der Waals surface area contributed by atoms with Gasteiger partial charge in [-0.2, -0.15) is 0 Å². The number of nitrogens with one attached hydrogen (secondary N) is 1. The van der Waals surface area contributed by atoms with E-state index < -0.39 is 0 Å². The van der Waals surface area contributed by atoms with Gasteiger partial charge in [-0.1, -0.05) is 54.7 Å². The normalized spacial score (nSPS) is 29.3. The summed E-state index contributed by atoms with van der Waals surface area (Å²) >= 11 is 2.35. The van der Waals surface area contributed by atoms with Gasteiger partial charge in [0.15, 0.2) is 0 Å². The first-order chi connectivity index (χ1) is 4.60. The zero-order chi connectivity index (χ0) is 7.61. The Morgan fingerprint density at radius 2 is 2.10 bits per heavy atom. The van der Waals surface area contributed by atoms with Gasteiger partial charge in [0.2, 0.25) is 0 Å². The zero-order valence-corrected chi connectivity index (χ0v) is 8.42. The third kappa shape index (κ3) is 2.33. The molecule has 0 spiro atoms. The summed E-state index contributed by atoms with van der Waals surface area (Å²) in [6.07, 6.45) is 8.60. The van der Waals surface area contributed by atoms with Crippen molar-refractivity contribution in [2.24, 2.45) is 5.41 Å². The van der Waals surface area contributed by atoms with Crippen molar-refractivity contribution in [3.8, 4) is 0 Å². The van der Waals surface area contributed by atoms with Crippen LogP contribution in [0.3, 0.4) is 0 Å². The van der Waals surface area contributed by atoms with E-state index in [1.54, 1.807) is 0 Å². The molecular weight excluding hydrogens is 237 g/mol. The first-order valence-electron chi connectivity index (χ1n) is 3.37. The molecule has 56 valence electrons. The topological polar surface area (TPSA) is 12.0 Å². The predicted molar refractivity (Wildman–Crippen MR) is 53.0 cm³/mol. The van der Waals surface area contributed by atoms with Gasteiger partial charge in [-0.15, -0.1) is 0 Å². The van der Waals surface area contributed by atoms with Crippen LogP contribution in [0.25, 0.3) is 0 Å². The molecule has 10 heavy (non-hydrogen) atoms. The van der Waals surface area contributed by atoms with E-state index in [1.807, 2.05) is 6.20 Å². The molecule has 0 aliphatic carbocycles. The van der Waals surface area contributed by atoms with Crippen LogP contribution in [0.5, 0.6) is 0 Å². The molecule has 1 N–H and O–H groups in total. The van der Waals surface area contributed by atoms with E-state index in [1.165, 1.54) is 0 Å². The lowest BCUT2D eigenvalue weighted by atomic mass is 9.94. The van der Waals surface area contributed by atoms with Crippen molar-refractivity contribution in [2.45, 2.75) is 17.9 Å². The molecule has 2 heteroatoms. The molecule has 0 bridgehead atoms. The fourth-order valence-corrected chi connectivity index (χ4v) is 1.21. The lowest BCUT2D eigenvalue weighted by molar-refractivity contribution is 0.626. The van der Waals surface area contributed by atoms with Crippen molar-refractivity contribution in [1.82, 2.24) is 5.32 Å².